The molecule has 92 valence electrons. The van der Waals surface area contributed by atoms with E-state index in [0.717, 1.165) is 38.6 Å². The van der Waals surface area contributed by atoms with E-state index in [4.69, 9.17) is 5.73 Å². The molecule has 1 fully saturated rings. The molecule has 3 heteroatoms. The van der Waals surface area contributed by atoms with Gasteiger partial charge in [0.05, 0.1) is 0 Å². The summed E-state index contributed by atoms with van der Waals surface area (Å²) in [5.74, 6) is 1.05. The summed E-state index contributed by atoms with van der Waals surface area (Å²) in [6, 6.07) is 0.206. The van der Waals surface area contributed by atoms with E-state index in [2.05, 4.69) is 11.9 Å². The predicted octanol–water partition coefficient (Wildman–Crippen LogP) is 1.83. The van der Waals surface area contributed by atoms with Gasteiger partial charge >= 0.3 is 0 Å². The van der Waals surface area contributed by atoms with E-state index in [1.807, 2.05) is 13.0 Å². The van der Waals surface area contributed by atoms with Gasteiger partial charge in [0.25, 0.3) is 0 Å². The second-order valence-corrected chi connectivity index (χ2v) is 4.89. The van der Waals surface area contributed by atoms with Crippen LogP contribution in [0.5, 0.6) is 0 Å². The molecule has 3 nitrogen and oxygen atoms in total. The topological polar surface area (TPSA) is 55.1 Å². The van der Waals surface area contributed by atoms with E-state index >= 15 is 0 Å². The van der Waals surface area contributed by atoms with Gasteiger partial charge in [0.1, 0.15) is 0 Å². The Balaban J connectivity index is 2.30. The standard InChI is InChI=1S/C13H24N2O/c1-3-4-10(2)15-13(16)12-7-5-11(9-14)6-8-12/h3,10-12H,1,4-9,14H2,2H3,(H,15,16). The van der Waals surface area contributed by atoms with E-state index in [-0.39, 0.29) is 17.9 Å². The molecule has 16 heavy (non-hydrogen) atoms. The van der Waals surface area contributed by atoms with Crippen LogP contribution in [0.2, 0.25) is 0 Å². The van der Waals surface area contributed by atoms with Crippen LogP contribution in [0.4, 0.5) is 0 Å². The molecular weight excluding hydrogens is 200 g/mol. The highest BCUT2D eigenvalue weighted by Crippen LogP contribution is 2.28. The summed E-state index contributed by atoms with van der Waals surface area (Å²) in [4.78, 5) is 11.9. The lowest BCUT2D eigenvalue weighted by atomic mass is 9.81. The highest BCUT2D eigenvalue weighted by atomic mass is 16.1. The van der Waals surface area contributed by atoms with Crippen molar-refractivity contribution in [3.8, 4) is 0 Å². The Morgan fingerprint density at radius 3 is 2.62 bits per heavy atom. The molecule has 0 saturated heterocycles. The Morgan fingerprint density at radius 2 is 2.12 bits per heavy atom. The SMILES string of the molecule is C=CCC(C)NC(=O)C1CCC(CN)CC1. The van der Waals surface area contributed by atoms with Crippen molar-refractivity contribution in [1.29, 1.82) is 0 Å². The molecule has 0 aromatic rings. The third-order valence-electron chi connectivity index (χ3n) is 3.46. The molecule has 0 spiro atoms. The zero-order valence-electron chi connectivity index (χ0n) is 10.2. The van der Waals surface area contributed by atoms with E-state index in [0.29, 0.717) is 5.92 Å². The van der Waals surface area contributed by atoms with E-state index < -0.39 is 0 Å². The second kappa shape index (κ2) is 6.69. The van der Waals surface area contributed by atoms with Crippen LogP contribution in [-0.2, 0) is 4.79 Å². The van der Waals surface area contributed by atoms with Gasteiger partial charge in [-0.25, -0.2) is 0 Å². The molecule has 0 bridgehead atoms. The van der Waals surface area contributed by atoms with Crippen molar-refractivity contribution in [2.45, 2.75) is 45.1 Å². The zero-order valence-corrected chi connectivity index (χ0v) is 10.2. The maximum atomic E-state index is 11.9. The van der Waals surface area contributed by atoms with Crippen LogP contribution in [0, 0.1) is 11.8 Å². The largest absolute Gasteiger partial charge is 0.353 e. The fraction of sp³-hybridized carbons (Fsp3) is 0.769. The third-order valence-corrected chi connectivity index (χ3v) is 3.46. The van der Waals surface area contributed by atoms with Gasteiger partial charge in [-0.15, -0.1) is 6.58 Å². The molecule has 3 N–H and O–H groups in total. The van der Waals surface area contributed by atoms with Crippen molar-refractivity contribution in [3.05, 3.63) is 12.7 Å². The smallest absolute Gasteiger partial charge is 0.223 e. The molecule has 1 amide bonds. The summed E-state index contributed by atoms with van der Waals surface area (Å²) in [6.45, 7) is 6.46. The number of hydrogen-bond acceptors (Lipinski definition) is 2. The van der Waals surface area contributed by atoms with Gasteiger partial charge in [0.2, 0.25) is 5.91 Å². The fourth-order valence-corrected chi connectivity index (χ4v) is 2.33. The first-order chi connectivity index (χ1) is 7.67. The van der Waals surface area contributed by atoms with Gasteiger partial charge in [-0.05, 0) is 51.5 Å². The molecule has 0 aromatic heterocycles. The van der Waals surface area contributed by atoms with Crippen molar-refractivity contribution in [2.75, 3.05) is 6.54 Å². The Hall–Kier alpha value is -0.830. The van der Waals surface area contributed by atoms with Gasteiger partial charge in [-0.1, -0.05) is 6.08 Å². The molecule has 0 heterocycles. The monoisotopic (exact) mass is 224 g/mol. The average molecular weight is 224 g/mol. The lowest BCUT2D eigenvalue weighted by Gasteiger charge is -2.27. The maximum Gasteiger partial charge on any atom is 0.223 e. The summed E-state index contributed by atoms with van der Waals surface area (Å²) >= 11 is 0. The summed E-state index contributed by atoms with van der Waals surface area (Å²) < 4.78 is 0. The lowest BCUT2D eigenvalue weighted by Crippen LogP contribution is -2.38. The number of nitrogens with one attached hydrogen (secondary N) is 1. The van der Waals surface area contributed by atoms with Gasteiger partial charge in [0.15, 0.2) is 0 Å². The highest BCUT2D eigenvalue weighted by molar-refractivity contribution is 5.79. The fourth-order valence-electron chi connectivity index (χ4n) is 2.33. The Bertz CT molecular complexity index is 232. The van der Waals surface area contributed by atoms with Gasteiger partial charge in [-0.3, -0.25) is 4.79 Å². The van der Waals surface area contributed by atoms with Crippen molar-refractivity contribution in [1.82, 2.24) is 5.32 Å². The van der Waals surface area contributed by atoms with Crippen LogP contribution in [0.3, 0.4) is 0 Å². The summed E-state index contributed by atoms with van der Waals surface area (Å²) in [5, 5.41) is 3.04. The molecule has 1 aliphatic carbocycles. The molecule has 1 saturated carbocycles. The summed E-state index contributed by atoms with van der Waals surface area (Å²) in [6.07, 6.45) is 6.87. The van der Waals surface area contributed by atoms with Gasteiger partial charge in [0, 0.05) is 12.0 Å². The van der Waals surface area contributed by atoms with Crippen LogP contribution in [0.25, 0.3) is 0 Å². The normalized spacial score (nSPS) is 27.1. The van der Waals surface area contributed by atoms with Crippen LogP contribution in [0.15, 0.2) is 12.7 Å². The Kier molecular flexibility index (Phi) is 5.53. The zero-order chi connectivity index (χ0) is 12.0. The first kappa shape index (κ1) is 13.2. The molecule has 1 aliphatic rings. The van der Waals surface area contributed by atoms with E-state index in [1.165, 1.54) is 0 Å². The quantitative estimate of drug-likeness (QED) is 0.700. The minimum absolute atomic E-state index is 0.204. The van der Waals surface area contributed by atoms with Crippen LogP contribution in [-0.4, -0.2) is 18.5 Å². The first-order valence-electron chi connectivity index (χ1n) is 6.28. The minimum atomic E-state index is 0.204. The minimum Gasteiger partial charge on any atom is -0.353 e. The maximum absolute atomic E-state index is 11.9. The summed E-state index contributed by atoms with van der Waals surface area (Å²) in [5.41, 5.74) is 5.63. The van der Waals surface area contributed by atoms with Crippen molar-refractivity contribution < 1.29 is 4.79 Å². The van der Waals surface area contributed by atoms with Crippen molar-refractivity contribution >= 4 is 5.91 Å². The Labute approximate surface area is 98.5 Å². The van der Waals surface area contributed by atoms with Crippen molar-refractivity contribution in [2.24, 2.45) is 17.6 Å². The number of amides is 1. The molecule has 1 atom stereocenters. The molecule has 0 aromatic carbocycles. The van der Waals surface area contributed by atoms with Gasteiger partial charge in [-0.2, -0.15) is 0 Å². The number of carbonyl (C=O) groups excluding carboxylic acids is 1. The summed E-state index contributed by atoms with van der Waals surface area (Å²) in [7, 11) is 0. The highest BCUT2D eigenvalue weighted by Gasteiger charge is 2.25. The first-order valence-corrected chi connectivity index (χ1v) is 6.28. The molecule has 1 unspecified atom stereocenters. The van der Waals surface area contributed by atoms with E-state index in [9.17, 15) is 4.79 Å². The predicted molar refractivity (Wildman–Crippen MR) is 66.9 cm³/mol. The average Bonchev–Trinajstić information content (AvgIpc) is 2.29. The van der Waals surface area contributed by atoms with Crippen LogP contribution < -0.4 is 11.1 Å². The number of hydrogen-bond donors (Lipinski definition) is 2. The Morgan fingerprint density at radius 1 is 1.50 bits per heavy atom. The molecule has 1 rings (SSSR count). The van der Waals surface area contributed by atoms with E-state index in [1.54, 1.807) is 0 Å². The second-order valence-electron chi connectivity index (χ2n) is 4.89. The number of nitrogens with two attached hydrogens (primary N) is 1. The van der Waals surface area contributed by atoms with Crippen molar-refractivity contribution in [3.63, 3.8) is 0 Å². The number of rotatable bonds is 5. The number of carbonyl (C=O) groups is 1. The van der Waals surface area contributed by atoms with Crippen LogP contribution in [0.1, 0.15) is 39.0 Å². The molecule has 0 aliphatic heterocycles. The molecular formula is C13H24N2O. The molecule has 0 radical (unpaired) electrons. The third kappa shape index (κ3) is 3.97. The van der Waals surface area contributed by atoms with Gasteiger partial charge < -0.3 is 11.1 Å². The van der Waals surface area contributed by atoms with Crippen LogP contribution >= 0.6 is 0 Å². The lowest BCUT2D eigenvalue weighted by molar-refractivity contribution is -0.126.